The zero-order chi connectivity index (χ0) is 14.5. The fourth-order valence-electron chi connectivity index (χ4n) is 2.81. The predicted octanol–water partition coefficient (Wildman–Crippen LogP) is 5.41. The lowest BCUT2D eigenvalue weighted by atomic mass is 9.89. The summed E-state index contributed by atoms with van der Waals surface area (Å²) in [6, 6.07) is 15.5. The van der Waals surface area contributed by atoms with Crippen LogP contribution in [0.1, 0.15) is 27.8 Å². The minimum atomic E-state index is 0.650. The van der Waals surface area contributed by atoms with E-state index in [1.54, 1.807) is 0 Å². The number of hydrogen-bond acceptors (Lipinski definition) is 0. The van der Waals surface area contributed by atoms with Crippen molar-refractivity contribution in [2.45, 2.75) is 33.6 Å². The van der Waals surface area contributed by atoms with Gasteiger partial charge in [-0.3, -0.25) is 0 Å². The molecule has 0 saturated carbocycles. The molecule has 0 aliphatic carbocycles. The monoisotopic (exact) mass is 330 g/mol. The van der Waals surface area contributed by atoms with Gasteiger partial charge in [-0.05, 0) is 61.8 Å². The lowest BCUT2D eigenvalue weighted by Gasteiger charge is -2.18. The molecule has 0 N–H and O–H groups in total. The Balaban J connectivity index is 2.13. The number of alkyl halides is 1. The molecule has 1 unspecified atom stereocenters. The zero-order valence-corrected chi connectivity index (χ0v) is 14.2. The summed E-state index contributed by atoms with van der Waals surface area (Å²) in [5.74, 6) is 0.650. The van der Waals surface area contributed by atoms with Crippen LogP contribution in [0.2, 0.25) is 0 Å². The van der Waals surface area contributed by atoms with Crippen LogP contribution < -0.4 is 0 Å². The number of aryl methyl sites for hydroxylation is 3. The van der Waals surface area contributed by atoms with Crippen LogP contribution >= 0.6 is 15.9 Å². The number of hydrogen-bond donors (Lipinski definition) is 0. The highest BCUT2D eigenvalue weighted by Gasteiger charge is 2.12. The van der Waals surface area contributed by atoms with Gasteiger partial charge in [-0.2, -0.15) is 0 Å². The van der Waals surface area contributed by atoms with Crippen molar-refractivity contribution < 1.29 is 0 Å². The average molecular weight is 331 g/mol. The summed E-state index contributed by atoms with van der Waals surface area (Å²) in [6.45, 7) is 6.61. The van der Waals surface area contributed by atoms with E-state index in [0.717, 1.165) is 18.2 Å². The van der Waals surface area contributed by atoms with Crippen LogP contribution in [0.3, 0.4) is 0 Å². The normalized spacial score (nSPS) is 12.4. The van der Waals surface area contributed by atoms with E-state index in [1.165, 1.54) is 27.8 Å². The Labute approximate surface area is 131 Å². The highest BCUT2D eigenvalue weighted by Crippen LogP contribution is 2.22. The second-order valence-electron chi connectivity index (χ2n) is 5.79. The summed E-state index contributed by atoms with van der Waals surface area (Å²) in [5, 5.41) is 1.05. The topological polar surface area (TPSA) is 0 Å². The van der Waals surface area contributed by atoms with Crippen LogP contribution in [-0.4, -0.2) is 5.33 Å². The van der Waals surface area contributed by atoms with Gasteiger partial charge in [0.2, 0.25) is 0 Å². The Morgan fingerprint density at radius 2 is 1.55 bits per heavy atom. The SMILES string of the molecule is Cc1cccc(CC(CBr)Cc2c(C)cccc2C)c1. The maximum atomic E-state index is 3.70. The predicted molar refractivity (Wildman–Crippen MR) is 91.8 cm³/mol. The molecule has 0 radical (unpaired) electrons. The quantitative estimate of drug-likeness (QED) is 0.643. The summed E-state index contributed by atoms with van der Waals surface area (Å²) in [5.41, 5.74) is 7.15. The van der Waals surface area contributed by atoms with Gasteiger partial charge in [0.05, 0.1) is 0 Å². The minimum absolute atomic E-state index is 0.650. The largest absolute Gasteiger partial charge is 0.0925 e. The summed E-state index contributed by atoms with van der Waals surface area (Å²) in [4.78, 5) is 0. The van der Waals surface area contributed by atoms with Crippen LogP contribution in [-0.2, 0) is 12.8 Å². The van der Waals surface area contributed by atoms with Crippen LogP contribution in [0.5, 0.6) is 0 Å². The average Bonchev–Trinajstić information content (AvgIpc) is 2.42. The molecule has 20 heavy (non-hydrogen) atoms. The van der Waals surface area contributed by atoms with Crippen LogP contribution in [0.4, 0.5) is 0 Å². The van der Waals surface area contributed by atoms with Gasteiger partial charge in [-0.25, -0.2) is 0 Å². The molecule has 0 saturated heterocycles. The van der Waals surface area contributed by atoms with Crippen molar-refractivity contribution in [3.63, 3.8) is 0 Å². The Morgan fingerprint density at radius 1 is 0.900 bits per heavy atom. The summed E-state index contributed by atoms with van der Waals surface area (Å²) < 4.78 is 0. The fourth-order valence-corrected chi connectivity index (χ4v) is 3.27. The molecule has 2 aromatic rings. The van der Waals surface area contributed by atoms with Gasteiger partial charge in [0.1, 0.15) is 0 Å². The van der Waals surface area contributed by atoms with Crippen molar-refractivity contribution in [2.24, 2.45) is 5.92 Å². The fraction of sp³-hybridized carbons (Fsp3) is 0.368. The lowest BCUT2D eigenvalue weighted by molar-refractivity contribution is 0.587. The van der Waals surface area contributed by atoms with E-state index in [1.807, 2.05) is 0 Å². The van der Waals surface area contributed by atoms with Crippen molar-refractivity contribution in [3.05, 3.63) is 70.3 Å². The van der Waals surface area contributed by atoms with Gasteiger partial charge in [0.25, 0.3) is 0 Å². The molecule has 0 aliphatic heterocycles. The first-order valence-electron chi connectivity index (χ1n) is 7.26. The number of halogens is 1. The number of benzene rings is 2. The van der Waals surface area contributed by atoms with Crippen molar-refractivity contribution >= 4 is 15.9 Å². The van der Waals surface area contributed by atoms with E-state index in [4.69, 9.17) is 0 Å². The molecule has 0 amide bonds. The molecule has 0 heterocycles. The first kappa shape index (κ1) is 15.3. The lowest BCUT2D eigenvalue weighted by Crippen LogP contribution is -2.12. The van der Waals surface area contributed by atoms with E-state index in [-0.39, 0.29) is 0 Å². The van der Waals surface area contributed by atoms with Gasteiger partial charge in [0, 0.05) is 5.33 Å². The van der Waals surface area contributed by atoms with Crippen molar-refractivity contribution in [1.29, 1.82) is 0 Å². The summed E-state index contributed by atoms with van der Waals surface area (Å²) >= 11 is 3.70. The van der Waals surface area contributed by atoms with E-state index in [0.29, 0.717) is 5.92 Å². The Morgan fingerprint density at radius 3 is 2.15 bits per heavy atom. The van der Waals surface area contributed by atoms with Gasteiger partial charge < -0.3 is 0 Å². The van der Waals surface area contributed by atoms with Crippen LogP contribution in [0.15, 0.2) is 42.5 Å². The third kappa shape index (κ3) is 3.96. The van der Waals surface area contributed by atoms with E-state index in [2.05, 4.69) is 79.2 Å². The maximum absolute atomic E-state index is 3.70. The first-order valence-corrected chi connectivity index (χ1v) is 8.39. The van der Waals surface area contributed by atoms with E-state index < -0.39 is 0 Å². The third-order valence-corrected chi connectivity index (χ3v) is 4.88. The third-order valence-electron chi connectivity index (χ3n) is 3.96. The molecule has 0 fully saturated rings. The van der Waals surface area contributed by atoms with E-state index in [9.17, 15) is 0 Å². The number of rotatable bonds is 5. The molecule has 106 valence electrons. The Kier molecular flexibility index (Phi) is 5.42. The molecule has 2 aromatic carbocycles. The first-order chi connectivity index (χ1) is 9.60. The second-order valence-corrected chi connectivity index (χ2v) is 6.44. The van der Waals surface area contributed by atoms with Crippen LogP contribution in [0.25, 0.3) is 0 Å². The van der Waals surface area contributed by atoms with Crippen molar-refractivity contribution in [2.75, 3.05) is 5.33 Å². The van der Waals surface area contributed by atoms with E-state index >= 15 is 0 Å². The second kappa shape index (κ2) is 7.08. The van der Waals surface area contributed by atoms with Gasteiger partial charge in [0.15, 0.2) is 0 Å². The van der Waals surface area contributed by atoms with Gasteiger partial charge in [-0.15, -0.1) is 0 Å². The molecule has 0 bridgehead atoms. The molecule has 0 spiro atoms. The molecule has 0 aliphatic rings. The minimum Gasteiger partial charge on any atom is -0.0925 e. The molecule has 0 aromatic heterocycles. The summed E-state index contributed by atoms with van der Waals surface area (Å²) in [6.07, 6.45) is 2.29. The van der Waals surface area contributed by atoms with Gasteiger partial charge >= 0.3 is 0 Å². The molecular formula is C19H23Br. The molecule has 1 atom stereocenters. The molecular weight excluding hydrogens is 308 g/mol. The molecule has 2 rings (SSSR count). The maximum Gasteiger partial charge on any atom is 0.00660 e. The Bertz CT molecular complexity index is 551. The van der Waals surface area contributed by atoms with Crippen LogP contribution in [0, 0.1) is 26.7 Å². The standard InChI is InChI=1S/C19H23Br/c1-14-6-4-9-17(10-14)11-18(13-20)12-19-15(2)7-5-8-16(19)3/h4-10,18H,11-13H2,1-3H3. The molecule has 1 heteroatoms. The van der Waals surface area contributed by atoms with Gasteiger partial charge in [-0.1, -0.05) is 64.0 Å². The van der Waals surface area contributed by atoms with Crippen molar-refractivity contribution in [3.8, 4) is 0 Å². The molecule has 0 nitrogen and oxygen atoms in total. The summed E-state index contributed by atoms with van der Waals surface area (Å²) in [7, 11) is 0. The van der Waals surface area contributed by atoms with Crippen molar-refractivity contribution in [1.82, 2.24) is 0 Å². The smallest absolute Gasteiger partial charge is 0.00660 e. The highest BCUT2D eigenvalue weighted by molar-refractivity contribution is 9.09. The zero-order valence-electron chi connectivity index (χ0n) is 12.6. The highest BCUT2D eigenvalue weighted by atomic mass is 79.9. The Hall–Kier alpha value is -1.08.